The molecular weight excluding hydrogens is 497 g/mol. The van der Waals surface area contributed by atoms with Crippen LogP contribution in [0.5, 0.6) is 11.5 Å². The van der Waals surface area contributed by atoms with Crippen molar-refractivity contribution in [2.45, 2.75) is 6.61 Å². The quantitative estimate of drug-likeness (QED) is 0.156. The van der Waals surface area contributed by atoms with E-state index in [1.54, 1.807) is 7.11 Å². The molecule has 0 unspecified atom stereocenters. The summed E-state index contributed by atoms with van der Waals surface area (Å²) in [6.07, 6.45) is 1.90. The van der Waals surface area contributed by atoms with Crippen LogP contribution in [0.25, 0.3) is 22.4 Å². The third kappa shape index (κ3) is 4.73. The van der Waals surface area contributed by atoms with Crippen LogP contribution in [0.4, 0.5) is 0 Å². The highest BCUT2D eigenvalue weighted by atomic mass is 127. The van der Waals surface area contributed by atoms with Gasteiger partial charge in [0.1, 0.15) is 6.61 Å². The van der Waals surface area contributed by atoms with Crippen molar-refractivity contribution in [2.24, 2.45) is 0 Å². The van der Waals surface area contributed by atoms with E-state index in [9.17, 15) is 5.26 Å². The van der Waals surface area contributed by atoms with Gasteiger partial charge in [-0.1, -0.05) is 72.8 Å². The first-order valence-electron chi connectivity index (χ1n) is 9.84. The van der Waals surface area contributed by atoms with Crippen molar-refractivity contribution in [3.8, 4) is 17.6 Å². The fourth-order valence-electron chi connectivity index (χ4n) is 3.49. The summed E-state index contributed by atoms with van der Waals surface area (Å²) in [6, 6.07) is 30.4. The molecule has 3 nitrogen and oxygen atoms in total. The Labute approximate surface area is 195 Å². The molecule has 4 heteroatoms. The number of hydrogen-bond donors (Lipinski definition) is 0. The zero-order valence-corrected chi connectivity index (χ0v) is 19.2. The lowest BCUT2D eigenvalue weighted by Gasteiger charge is -2.14. The Morgan fingerprint density at radius 3 is 2.48 bits per heavy atom. The minimum Gasteiger partial charge on any atom is -0.493 e. The van der Waals surface area contributed by atoms with Crippen LogP contribution < -0.4 is 9.47 Å². The molecule has 0 bridgehead atoms. The molecule has 0 aliphatic heterocycles. The van der Waals surface area contributed by atoms with E-state index in [1.807, 2.05) is 78.9 Å². The largest absolute Gasteiger partial charge is 0.493 e. The van der Waals surface area contributed by atoms with Gasteiger partial charge in [0.15, 0.2) is 11.5 Å². The van der Waals surface area contributed by atoms with Gasteiger partial charge in [-0.15, -0.1) is 0 Å². The number of rotatable bonds is 6. The van der Waals surface area contributed by atoms with E-state index >= 15 is 0 Å². The van der Waals surface area contributed by atoms with Gasteiger partial charge < -0.3 is 9.47 Å². The maximum absolute atomic E-state index is 9.88. The number of allylic oxidation sites excluding steroid dienone is 1. The molecule has 31 heavy (non-hydrogen) atoms. The number of hydrogen-bond acceptors (Lipinski definition) is 3. The van der Waals surface area contributed by atoms with Gasteiger partial charge in [0.05, 0.1) is 22.3 Å². The molecule has 0 aliphatic rings. The summed E-state index contributed by atoms with van der Waals surface area (Å²) < 4.78 is 12.6. The maximum Gasteiger partial charge on any atom is 0.174 e. The Hall–Kier alpha value is -3.30. The van der Waals surface area contributed by atoms with Gasteiger partial charge in [0.25, 0.3) is 0 Å². The summed E-state index contributed by atoms with van der Waals surface area (Å²) in [6.45, 7) is 0.460. The lowest BCUT2D eigenvalue weighted by atomic mass is 9.97. The van der Waals surface area contributed by atoms with Crippen molar-refractivity contribution >= 4 is 45.0 Å². The lowest BCUT2D eigenvalue weighted by molar-refractivity contribution is 0.282. The molecule has 152 valence electrons. The van der Waals surface area contributed by atoms with Crippen molar-refractivity contribution in [1.29, 1.82) is 5.26 Å². The third-order valence-corrected chi connectivity index (χ3v) is 5.79. The molecule has 0 aromatic heterocycles. The zero-order chi connectivity index (χ0) is 21.6. The summed E-state index contributed by atoms with van der Waals surface area (Å²) in [7, 11) is 1.63. The van der Waals surface area contributed by atoms with Crippen LogP contribution in [0.1, 0.15) is 16.7 Å². The second kappa shape index (κ2) is 9.67. The normalized spacial score (nSPS) is 11.2. The number of nitrogens with zero attached hydrogens (tertiary/aromatic N) is 1. The number of methoxy groups -OCH3 is 1. The fraction of sp³-hybridized carbons (Fsp3) is 0.0741. The first-order chi connectivity index (χ1) is 15.2. The van der Waals surface area contributed by atoms with Crippen LogP contribution in [-0.2, 0) is 6.61 Å². The number of nitriles is 1. The van der Waals surface area contributed by atoms with Crippen molar-refractivity contribution in [3.63, 3.8) is 0 Å². The minimum atomic E-state index is 0.460. The average molecular weight is 517 g/mol. The molecule has 4 aromatic carbocycles. The SMILES string of the molecule is COc1cc(/C=C(/C#N)c2cccc3ccccc23)cc(I)c1OCc1ccccc1. The summed E-state index contributed by atoms with van der Waals surface area (Å²) in [5, 5.41) is 12.1. The van der Waals surface area contributed by atoms with Gasteiger partial charge in [-0.2, -0.15) is 5.26 Å². The van der Waals surface area contributed by atoms with Gasteiger partial charge in [-0.3, -0.25) is 0 Å². The highest BCUT2D eigenvalue weighted by molar-refractivity contribution is 14.1. The fourth-order valence-corrected chi connectivity index (χ4v) is 4.27. The number of halogens is 1. The molecule has 0 spiro atoms. The first-order valence-corrected chi connectivity index (χ1v) is 10.9. The summed E-state index contributed by atoms with van der Waals surface area (Å²) >= 11 is 2.25. The summed E-state index contributed by atoms with van der Waals surface area (Å²) in [5.41, 5.74) is 3.50. The molecule has 0 amide bonds. The van der Waals surface area contributed by atoms with Gasteiger partial charge in [0.2, 0.25) is 0 Å². The molecule has 4 aromatic rings. The third-order valence-electron chi connectivity index (χ3n) is 4.99. The van der Waals surface area contributed by atoms with Gasteiger partial charge >= 0.3 is 0 Å². The van der Waals surface area contributed by atoms with Crippen molar-refractivity contribution in [2.75, 3.05) is 7.11 Å². The van der Waals surface area contributed by atoms with Crippen LogP contribution in [0.2, 0.25) is 0 Å². The Balaban J connectivity index is 1.69. The van der Waals surface area contributed by atoms with Crippen LogP contribution in [0.3, 0.4) is 0 Å². The van der Waals surface area contributed by atoms with E-state index in [1.165, 1.54) is 0 Å². The van der Waals surface area contributed by atoms with Crippen LogP contribution in [0, 0.1) is 14.9 Å². The minimum absolute atomic E-state index is 0.460. The summed E-state index contributed by atoms with van der Waals surface area (Å²) in [5.74, 6) is 1.34. The summed E-state index contributed by atoms with van der Waals surface area (Å²) in [4.78, 5) is 0. The highest BCUT2D eigenvalue weighted by Crippen LogP contribution is 2.36. The van der Waals surface area contributed by atoms with Crippen LogP contribution >= 0.6 is 22.6 Å². The monoisotopic (exact) mass is 517 g/mol. The zero-order valence-electron chi connectivity index (χ0n) is 17.0. The first kappa shape index (κ1) is 21.0. The number of ether oxygens (including phenoxy) is 2. The lowest BCUT2D eigenvalue weighted by Crippen LogP contribution is -2.00. The van der Waals surface area contributed by atoms with E-state index in [0.29, 0.717) is 23.7 Å². The average Bonchev–Trinajstić information content (AvgIpc) is 2.82. The molecule has 0 saturated carbocycles. The Kier molecular flexibility index (Phi) is 6.54. The van der Waals surface area contributed by atoms with Gasteiger partial charge in [-0.05, 0) is 62.7 Å². The van der Waals surface area contributed by atoms with E-state index in [4.69, 9.17) is 9.47 Å². The predicted octanol–water partition coefficient (Wildman–Crippen LogP) is 7.10. The van der Waals surface area contributed by atoms with Crippen molar-refractivity contribution < 1.29 is 9.47 Å². The van der Waals surface area contributed by atoms with Crippen molar-refractivity contribution in [1.82, 2.24) is 0 Å². The number of benzene rings is 4. The smallest absolute Gasteiger partial charge is 0.174 e. The standard InChI is InChI=1S/C27H20INO2/c1-30-26-16-20(15-25(28)27(26)31-18-19-8-3-2-4-9-19)14-22(17-29)24-13-7-11-21-10-5-6-12-23(21)24/h2-16H,18H2,1H3/b22-14-. The highest BCUT2D eigenvalue weighted by Gasteiger charge is 2.13. The topological polar surface area (TPSA) is 42.2 Å². The second-order valence-corrected chi connectivity index (χ2v) is 8.17. The van der Waals surface area contributed by atoms with Crippen LogP contribution in [0.15, 0.2) is 84.9 Å². The molecule has 0 fully saturated rings. The van der Waals surface area contributed by atoms with Gasteiger partial charge in [0, 0.05) is 5.56 Å². The van der Waals surface area contributed by atoms with Crippen molar-refractivity contribution in [3.05, 3.63) is 105 Å². The molecular formula is C27H20INO2. The Morgan fingerprint density at radius 1 is 0.968 bits per heavy atom. The molecule has 0 heterocycles. The van der Waals surface area contributed by atoms with Gasteiger partial charge in [-0.25, -0.2) is 0 Å². The van der Waals surface area contributed by atoms with E-state index in [0.717, 1.165) is 31.0 Å². The molecule has 4 rings (SSSR count). The van der Waals surface area contributed by atoms with E-state index in [2.05, 4.69) is 40.8 Å². The van der Waals surface area contributed by atoms with E-state index < -0.39 is 0 Å². The predicted molar refractivity (Wildman–Crippen MR) is 134 cm³/mol. The Bertz CT molecular complexity index is 1280. The maximum atomic E-state index is 9.88. The molecule has 0 saturated heterocycles. The Morgan fingerprint density at radius 2 is 1.71 bits per heavy atom. The second-order valence-electron chi connectivity index (χ2n) is 7.00. The molecule has 0 atom stereocenters. The molecule has 0 aliphatic carbocycles. The molecule has 0 radical (unpaired) electrons. The van der Waals surface area contributed by atoms with Crippen LogP contribution in [-0.4, -0.2) is 7.11 Å². The molecule has 0 N–H and O–H groups in total. The van der Waals surface area contributed by atoms with E-state index in [-0.39, 0.29) is 0 Å². The number of fused-ring (bicyclic) bond motifs is 1.